The summed E-state index contributed by atoms with van der Waals surface area (Å²) in [6, 6.07) is -0.725. The van der Waals surface area contributed by atoms with Crippen LogP contribution in [0.25, 0.3) is 0 Å². The Labute approximate surface area is 130 Å². The molecule has 1 aromatic rings. The second kappa shape index (κ2) is 7.84. The van der Waals surface area contributed by atoms with Gasteiger partial charge in [0.1, 0.15) is 12.1 Å². The highest BCUT2D eigenvalue weighted by Gasteiger charge is 2.31. The van der Waals surface area contributed by atoms with E-state index in [4.69, 9.17) is 0 Å². The Morgan fingerprint density at radius 1 is 1.27 bits per heavy atom. The van der Waals surface area contributed by atoms with Gasteiger partial charge in [-0.3, -0.25) is 14.6 Å². The summed E-state index contributed by atoms with van der Waals surface area (Å²) >= 11 is 0. The van der Waals surface area contributed by atoms with Gasteiger partial charge in [0.2, 0.25) is 11.8 Å². The molecule has 1 aromatic heterocycles. The van der Waals surface area contributed by atoms with Crippen LogP contribution in [0.15, 0.2) is 18.6 Å². The number of aromatic nitrogens is 2. The van der Waals surface area contributed by atoms with Gasteiger partial charge in [-0.25, -0.2) is 4.98 Å². The summed E-state index contributed by atoms with van der Waals surface area (Å²) in [4.78, 5) is 32.1. The van der Waals surface area contributed by atoms with Gasteiger partial charge in [0.25, 0.3) is 0 Å². The van der Waals surface area contributed by atoms with E-state index >= 15 is 0 Å². The van der Waals surface area contributed by atoms with Gasteiger partial charge in [-0.05, 0) is 11.8 Å². The fourth-order valence-electron chi connectivity index (χ4n) is 1.78. The average Bonchev–Trinajstić information content (AvgIpc) is 2.45. The second-order valence-corrected chi connectivity index (χ2v) is 6.20. The van der Waals surface area contributed by atoms with Crippen LogP contribution in [0.3, 0.4) is 0 Å². The monoisotopic (exact) mass is 308 g/mol. The summed E-state index contributed by atoms with van der Waals surface area (Å²) in [5.74, 6) is -0.615. The minimum atomic E-state index is -1.18. The predicted molar refractivity (Wildman–Crippen MR) is 83.0 cm³/mol. The molecule has 1 heterocycles. The summed E-state index contributed by atoms with van der Waals surface area (Å²) < 4.78 is 0. The van der Waals surface area contributed by atoms with E-state index in [1.54, 1.807) is 20.8 Å². The van der Waals surface area contributed by atoms with Crippen molar-refractivity contribution in [1.82, 2.24) is 15.3 Å². The minimum absolute atomic E-state index is 0.319. The Kier molecular flexibility index (Phi) is 6.42. The maximum Gasteiger partial charge on any atom is 0.250 e. The van der Waals surface area contributed by atoms with Crippen LogP contribution in [0.5, 0.6) is 0 Å². The van der Waals surface area contributed by atoms with Crippen molar-refractivity contribution in [2.75, 3.05) is 5.32 Å². The van der Waals surface area contributed by atoms with E-state index in [1.165, 1.54) is 18.6 Å². The molecule has 0 aliphatic rings. The minimum Gasteiger partial charge on any atom is -0.383 e. The molecule has 2 amide bonds. The van der Waals surface area contributed by atoms with Crippen molar-refractivity contribution in [1.29, 1.82) is 0 Å². The molecule has 0 bridgehead atoms. The number of hydrogen-bond donors (Lipinski definition) is 3. The second-order valence-electron chi connectivity index (χ2n) is 6.20. The lowest BCUT2D eigenvalue weighted by Crippen LogP contribution is -2.50. The van der Waals surface area contributed by atoms with Crippen LogP contribution >= 0.6 is 0 Å². The highest BCUT2D eigenvalue weighted by atomic mass is 16.3. The van der Waals surface area contributed by atoms with Crippen LogP contribution in [0, 0.1) is 5.41 Å². The van der Waals surface area contributed by atoms with Crippen LogP contribution in [0.1, 0.15) is 40.5 Å². The summed E-state index contributed by atoms with van der Waals surface area (Å²) in [7, 11) is 0. The number of carbonyl (C=O) groups is 2. The fraction of sp³-hybridized carbons (Fsp3) is 0.600. The van der Waals surface area contributed by atoms with E-state index in [0.717, 1.165) is 0 Å². The molecule has 0 saturated carbocycles. The zero-order valence-electron chi connectivity index (χ0n) is 13.5. The summed E-state index contributed by atoms with van der Waals surface area (Å²) in [6.07, 6.45) is 4.38. The maximum atomic E-state index is 12.2. The Morgan fingerprint density at radius 2 is 1.95 bits per heavy atom. The number of carbonyl (C=O) groups excluding carboxylic acids is 2. The van der Waals surface area contributed by atoms with E-state index in [0.29, 0.717) is 18.7 Å². The highest BCUT2D eigenvalue weighted by Crippen LogP contribution is 2.19. The molecule has 2 unspecified atom stereocenters. The van der Waals surface area contributed by atoms with Gasteiger partial charge in [-0.15, -0.1) is 0 Å². The Bertz CT molecular complexity index is 499. The zero-order chi connectivity index (χ0) is 16.8. The quantitative estimate of drug-likeness (QED) is 0.730. The van der Waals surface area contributed by atoms with Crippen molar-refractivity contribution in [3.05, 3.63) is 18.6 Å². The van der Waals surface area contributed by atoms with Crippen molar-refractivity contribution in [3.8, 4) is 0 Å². The van der Waals surface area contributed by atoms with Gasteiger partial charge in [0.05, 0.1) is 6.20 Å². The molecule has 0 spiro atoms. The van der Waals surface area contributed by atoms with Crippen molar-refractivity contribution in [2.45, 2.75) is 52.7 Å². The van der Waals surface area contributed by atoms with Gasteiger partial charge in [-0.1, -0.05) is 34.1 Å². The normalized spacial score (nSPS) is 14.0. The molecule has 2 atom stereocenters. The Hall–Kier alpha value is -2.02. The summed E-state index contributed by atoms with van der Waals surface area (Å²) in [5.41, 5.74) is -0.595. The third-order valence-corrected chi connectivity index (χ3v) is 3.09. The molecule has 0 radical (unpaired) electrons. The predicted octanol–water partition coefficient (Wildman–Crippen LogP) is 1.11. The van der Waals surface area contributed by atoms with E-state index in [-0.39, 0.29) is 5.91 Å². The van der Waals surface area contributed by atoms with Crippen molar-refractivity contribution < 1.29 is 14.7 Å². The number of aliphatic hydroxyl groups is 1. The third kappa shape index (κ3) is 5.40. The smallest absolute Gasteiger partial charge is 0.250 e. The molecule has 7 heteroatoms. The number of anilines is 1. The van der Waals surface area contributed by atoms with Crippen LogP contribution in [0.2, 0.25) is 0 Å². The molecular weight excluding hydrogens is 284 g/mol. The van der Waals surface area contributed by atoms with Crippen molar-refractivity contribution in [3.63, 3.8) is 0 Å². The van der Waals surface area contributed by atoms with Gasteiger partial charge >= 0.3 is 0 Å². The summed E-state index contributed by atoms with van der Waals surface area (Å²) in [6.45, 7) is 7.18. The highest BCUT2D eigenvalue weighted by molar-refractivity contribution is 5.97. The zero-order valence-corrected chi connectivity index (χ0v) is 13.5. The first-order valence-electron chi connectivity index (χ1n) is 7.31. The van der Waals surface area contributed by atoms with E-state index in [1.807, 2.05) is 6.92 Å². The lowest BCUT2D eigenvalue weighted by Gasteiger charge is -2.27. The molecule has 0 aliphatic carbocycles. The molecule has 1 rings (SSSR count). The molecule has 0 aliphatic heterocycles. The molecule has 0 aromatic carbocycles. The Morgan fingerprint density at radius 3 is 2.45 bits per heavy atom. The summed E-state index contributed by atoms with van der Waals surface area (Å²) in [5, 5.41) is 15.2. The van der Waals surface area contributed by atoms with Crippen LogP contribution < -0.4 is 10.6 Å². The Balaban J connectivity index is 2.72. The molecule has 7 nitrogen and oxygen atoms in total. The van der Waals surface area contributed by atoms with E-state index in [2.05, 4.69) is 20.6 Å². The van der Waals surface area contributed by atoms with Crippen molar-refractivity contribution >= 4 is 17.6 Å². The topological polar surface area (TPSA) is 104 Å². The van der Waals surface area contributed by atoms with Gasteiger partial charge < -0.3 is 15.7 Å². The standard InChI is InChI=1S/C15H24N4O3/c1-5-6-10(18-14(22)12(20)15(2,3)4)13(21)19-11-9-16-7-8-17-11/h7-10,12,20H,5-6H2,1-4H3,(H,18,22)(H,17,19,21). The molecule has 22 heavy (non-hydrogen) atoms. The van der Waals surface area contributed by atoms with Crippen molar-refractivity contribution in [2.24, 2.45) is 5.41 Å². The van der Waals surface area contributed by atoms with Crippen LogP contribution in [-0.2, 0) is 9.59 Å². The molecular formula is C15H24N4O3. The van der Waals surface area contributed by atoms with Gasteiger partial charge in [-0.2, -0.15) is 0 Å². The fourth-order valence-corrected chi connectivity index (χ4v) is 1.78. The lowest BCUT2D eigenvalue weighted by molar-refractivity contribution is -0.137. The molecule has 0 fully saturated rings. The van der Waals surface area contributed by atoms with Crippen LogP contribution in [-0.4, -0.2) is 39.0 Å². The third-order valence-electron chi connectivity index (χ3n) is 3.09. The first kappa shape index (κ1) is 18.0. The number of nitrogens with zero attached hydrogens (tertiary/aromatic N) is 2. The first-order chi connectivity index (χ1) is 10.3. The van der Waals surface area contributed by atoms with Gasteiger partial charge in [0, 0.05) is 12.4 Å². The van der Waals surface area contributed by atoms with Gasteiger partial charge in [0.15, 0.2) is 5.82 Å². The number of rotatable bonds is 6. The SMILES string of the molecule is CCCC(NC(=O)C(O)C(C)(C)C)C(=O)Nc1cnccn1. The number of aliphatic hydroxyl groups excluding tert-OH is 1. The number of hydrogen-bond acceptors (Lipinski definition) is 5. The molecule has 122 valence electrons. The largest absolute Gasteiger partial charge is 0.383 e. The first-order valence-corrected chi connectivity index (χ1v) is 7.31. The number of amides is 2. The van der Waals surface area contributed by atoms with E-state index in [9.17, 15) is 14.7 Å². The average molecular weight is 308 g/mol. The maximum absolute atomic E-state index is 12.2. The lowest BCUT2D eigenvalue weighted by atomic mass is 9.88. The molecule has 0 saturated heterocycles. The van der Waals surface area contributed by atoms with E-state index < -0.39 is 23.5 Å². The molecule has 3 N–H and O–H groups in total. The van der Waals surface area contributed by atoms with Crippen LogP contribution in [0.4, 0.5) is 5.82 Å². The number of nitrogens with one attached hydrogen (secondary N) is 2.